The highest BCUT2D eigenvalue weighted by Gasteiger charge is 2.04. The van der Waals surface area contributed by atoms with E-state index in [0.717, 1.165) is 10.8 Å². The standard InChI is InChI=1S/C10H7Cl2N/c11-7-4-5-8(12)10-6(7)2-1-3-9(10)13/h1-5H,13H2. The highest BCUT2D eigenvalue weighted by molar-refractivity contribution is 6.41. The van der Waals surface area contributed by atoms with Crippen LogP contribution >= 0.6 is 23.2 Å². The van der Waals surface area contributed by atoms with Crippen LogP contribution in [0.15, 0.2) is 30.3 Å². The Morgan fingerprint density at radius 2 is 1.62 bits per heavy atom. The number of halogens is 2. The van der Waals surface area contributed by atoms with Crippen molar-refractivity contribution >= 4 is 39.7 Å². The topological polar surface area (TPSA) is 26.0 Å². The van der Waals surface area contributed by atoms with Gasteiger partial charge in [0.05, 0.1) is 5.02 Å². The second-order valence-corrected chi connectivity index (χ2v) is 3.61. The largest absolute Gasteiger partial charge is 0.398 e. The zero-order chi connectivity index (χ0) is 9.42. The van der Waals surface area contributed by atoms with Crippen LogP contribution in [0, 0.1) is 0 Å². The lowest BCUT2D eigenvalue weighted by Gasteiger charge is -2.05. The van der Waals surface area contributed by atoms with E-state index in [1.165, 1.54) is 0 Å². The van der Waals surface area contributed by atoms with Crippen molar-refractivity contribution in [3.05, 3.63) is 40.4 Å². The summed E-state index contributed by atoms with van der Waals surface area (Å²) < 4.78 is 0. The normalized spacial score (nSPS) is 10.6. The van der Waals surface area contributed by atoms with Crippen molar-refractivity contribution in [1.29, 1.82) is 0 Å². The summed E-state index contributed by atoms with van der Waals surface area (Å²) in [5, 5.41) is 3.04. The average molecular weight is 212 g/mol. The number of hydrogen-bond donors (Lipinski definition) is 1. The molecule has 2 aromatic rings. The molecule has 2 rings (SSSR count). The van der Waals surface area contributed by atoms with Gasteiger partial charge in [-0.15, -0.1) is 0 Å². The molecule has 0 atom stereocenters. The predicted octanol–water partition coefficient (Wildman–Crippen LogP) is 3.73. The maximum Gasteiger partial charge on any atom is 0.0506 e. The molecular formula is C10H7Cl2N. The van der Waals surface area contributed by atoms with E-state index in [0.29, 0.717) is 15.7 Å². The van der Waals surface area contributed by atoms with Crippen LogP contribution in [0.2, 0.25) is 10.0 Å². The number of anilines is 1. The number of nitrogen functional groups attached to an aromatic ring is 1. The van der Waals surface area contributed by atoms with Gasteiger partial charge in [0.1, 0.15) is 0 Å². The number of nitrogens with two attached hydrogens (primary N) is 1. The fourth-order valence-corrected chi connectivity index (χ4v) is 1.85. The van der Waals surface area contributed by atoms with E-state index in [1.54, 1.807) is 12.1 Å². The van der Waals surface area contributed by atoms with Crippen LogP contribution in [0.25, 0.3) is 10.8 Å². The molecule has 0 radical (unpaired) electrons. The number of rotatable bonds is 0. The molecule has 66 valence electrons. The third-order valence-corrected chi connectivity index (χ3v) is 2.61. The highest BCUT2D eigenvalue weighted by atomic mass is 35.5. The van der Waals surface area contributed by atoms with Gasteiger partial charge in [0.2, 0.25) is 0 Å². The van der Waals surface area contributed by atoms with Crippen molar-refractivity contribution in [2.24, 2.45) is 0 Å². The monoisotopic (exact) mass is 211 g/mol. The lowest BCUT2D eigenvalue weighted by molar-refractivity contribution is 1.72. The predicted molar refractivity (Wildman–Crippen MR) is 58.4 cm³/mol. The molecule has 0 aliphatic rings. The zero-order valence-electron chi connectivity index (χ0n) is 6.72. The Labute approximate surface area is 86.1 Å². The molecular weight excluding hydrogens is 205 g/mol. The minimum absolute atomic E-state index is 0.637. The van der Waals surface area contributed by atoms with Crippen molar-refractivity contribution < 1.29 is 0 Å². The number of hydrogen-bond acceptors (Lipinski definition) is 1. The van der Waals surface area contributed by atoms with Gasteiger partial charge in [-0.2, -0.15) is 0 Å². The molecule has 0 aliphatic heterocycles. The van der Waals surface area contributed by atoms with Crippen molar-refractivity contribution in [3.8, 4) is 0 Å². The summed E-state index contributed by atoms with van der Waals surface area (Å²) in [5.74, 6) is 0. The van der Waals surface area contributed by atoms with E-state index in [4.69, 9.17) is 28.9 Å². The number of fused-ring (bicyclic) bond motifs is 1. The molecule has 2 aromatic carbocycles. The molecule has 0 fully saturated rings. The second-order valence-electron chi connectivity index (χ2n) is 2.80. The Balaban J connectivity index is 3.00. The van der Waals surface area contributed by atoms with Crippen molar-refractivity contribution in [2.75, 3.05) is 5.73 Å². The highest BCUT2D eigenvalue weighted by Crippen LogP contribution is 2.33. The molecule has 0 amide bonds. The molecule has 0 saturated carbocycles. The van der Waals surface area contributed by atoms with Crippen LogP contribution < -0.4 is 5.73 Å². The summed E-state index contributed by atoms with van der Waals surface area (Å²) in [4.78, 5) is 0. The van der Waals surface area contributed by atoms with Gasteiger partial charge in [0.15, 0.2) is 0 Å². The summed E-state index contributed by atoms with van der Waals surface area (Å²) in [6.07, 6.45) is 0. The molecule has 0 aliphatic carbocycles. The number of benzene rings is 2. The molecule has 0 aromatic heterocycles. The first-order chi connectivity index (χ1) is 6.20. The molecule has 0 heterocycles. The second kappa shape index (κ2) is 3.09. The molecule has 2 N–H and O–H groups in total. The summed E-state index contributed by atoms with van der Waals surface area (Å²) >= 11 is 12.0. The first kappa shape index (κ1) is 8.67. The Bertz CT molecular complexity index is 457. The van der Waals surface area contributed by atoms with Gasteiger partial charge >= 0.3 is 0 Å². The van der Waals surface area contributed by atoms with Crippen molar-refractivity contribution in [3.63, 3.8) is 0 Å². The molecule has 3 heteroatoms. The van der Waals surface area contributed by atoms with E-state index in [-0.39, 0.29) is 0 Å². The van der Waals surface area contributed by atoms with Gasteiger partial charge in [0.25, 0.3) is 0 Å². The van der Waals surface area contributed by atoms with Crippen molar-refractivity contribution in [1.82, 2.24) is 0 Å². The Kier molecular flexibility index (Phi) is 2.06. The molecule has 0 bridgehead atoms. The molecule has 0 unspecified atom stereocenters. The zero-order valence-corrected chi connectivity index (χ0v) is 8.23. The maximum atomic E-state index is 6.00. The Morgan fingerprint density at radius 3 is 2.31 bits per heavy atom. The van der Waals surface area contributed by atoms with Gasteiger partial charge in [-0.3, -0.25) is 0 Å². The third kappa shape index (κ3) is 1.34. The maximum absolute atomic E-state index is 6.00. The minimum Gasteiger partial charge on any atom is -0.398 e. The first-order valence-corrected chi connectivity index (χ1v) is 4.58. The van der Waals surface area contributed by atoms with Gasteiger partial charge in [-0.05, 0) is 18.2 Å². The van der Waals surface area contributed by atoms with Crippen LogP contribution in [0.3, 0.4) is 0 Å². The smallest absolute Gasteiger partial charge is 0.0506 e. The Morgan fingerprint density at radius 1 is 0.923 bits per heavy atom. The lowest BCUT2D eigenvalue weighted by atomic mass is 10.1. The van der Waals surface area contributed by atoms with Crippen LogP contribution in [-0.4, -0.2) is 0 Å². The molecule has 1 nitrogen and oxygen atoms in total. The van der Waals surface area contributed by atoms with Crippen LogP contribution in [0.1, 0.15) is 0 Å². The van der Waals surface area contributed by atoms with Gasteiger partial charge < -0.3 is 5.73 Å². The van der Waals surface area contributed by atoms with Crippen LogP contribution in [-0.2, 0) is 0 Å². The summed E-state index contributed by atoms with van der Waals surface area (Å²) in [7, 11) is 0. The SMILES string of the molecule is Nc1cccc2c(Cl)ccc(Cl)c12. The van der Waals surface area contributed by atoms with E-state index in [9.17, 15) is 0 Å². The van der Waals surface area contributed by atoms with E-state index in [1.807, 2.05) is 18.2 Å². The summed E-state index contributed by atoms with van der Waals surface area (Å²) in [6, 6.07) is 9.10. The molecule has 13 heavy (non-hydrogen) atoms. The fraction of sp³-hybridized carbons (Fsp3) is 0. The summed E-state index contributed by atoms with van der Waals surface area (Å²) in [5.41, 5.74) is 6.44. The van der Waals surface area contributed by atoms with E-state index < -0.39 is 0 Å². The third-order valence-electron chi connectivity index (χ3n) is 1.97. The van der Waals surface area contributed by atoms with Crippen LogP contribution in [0.4, 0.5) is 5.69 Å². The van der Waals surface area contributed by atoms with E-state index in [2.05, 4.69) is 0 Å². The van der Waals surface area contributed by atoms with Crippen molar-refractivity contribution in [2.45, 2.75) is 0 Å². The molecule has 0 saturated heterocycles. The fourth-order valence-electron chi connectivity index (χ4n) is 1.36. The van der Waals surface area contributed by atoms with Gasteiger partial charge in [0, 0.05) is 21.5 Å². The van der Waals surface area contributed by atoms with Gasteiger partial charge in [-0.25, -0.2) is 0 Å². The lowest BCUT2D eigenvalue weighted by Crippen LogP contribution is -1.87. The Hall–Kier alpha value is -0.920. The first-order valence-electron chi connectivity index (χ1n) is 3.82. The van der Waals surface area contributed by atoms with E-state index >= 15 is 0 Å². The average Bonchev–Trinajstić information content (AvgIpc) is 2.12. The minimum atomic E-state index is 0.637. The summed E-state index contributed by atoms with van der Waals surface area (Å²) in [6.45, 7) is 0. The quantitative estimate of drug-likeness (QED) is 0.661. The van der Waals surface area contributed by atoms with Crippen LogP contribution in [0.5, 0.6) is 0 Å². The van der Waals surface area contributed by atoms with Gasteiger partial charge in [-0.1, -0.05) is 35.3 Å². The molecule has 0 spiro atoms.